The Morgan fingerprint density at radius 1 is 1.45 bits per heavy atom. The van der Waals surface area contributed by atoms with Crippen molar-refractivity contribution in [3.63, 3.8) is 0 Å². The van der Waals surface area contributed by atoms with Gasteiger partial charge >= 0.3 is 0 Å². The number of hydrogen-bond donors (Lipinski definition) is 0. The summed E-state index contributed by atoms with van der Waals surface area (Å²) >= 11 is 6.05. The second kappa shape index (κ2) is 6.52. The molecule has 0 aliphatic rings. The van der Waals surface area contributed by atoms with Gasteiger partial charge in [-0.1, -0.05) is 23.7 Å². The lowest BCUT2D eigenvalue weighted by Gasteiger charge is -2.06. The average Bonchev–Trinajstić information content (AvgIpc) is 2.85. The molecule has 6 heteroatoms. The number of nitrogens with zero attached hydrogens (tertiary/aromatic N) is 2. The van der Waals surface area contributed by atoms with Gasteiger partial charge in [-0.05, 0) is 31.5 Å². The lowest BCUT2D eigenvalue weighted by Crippen LogP contribution is -1.99. The Balaban J connectivity index is 2.01. The number of halogens is 1. The molecule has 2 aromatic rings. The molecule has 5 nitrogen and oxygen atoms in total. The fourth-order valence-corrected chi connectivity index (χ4v) is 1.88. The third kappa shape index (κ3) is 3.57. The summed E-state index contributed by atoms with van der Waals surface area (Å²) in [5.74, 6) is 1.52. The molecule has 0 spiro atoms. The highest BCUT2D eigenvalue weighted by Crippen LogP contribution is 2.26. The van der Waals surface area contributed by atoms with E-state index in [0.717, 1.165) is 12.8 Å². The quantitative estimate of drug-likeness (QED) is 0.763. The first-order chi connectivity index (χ1) is 9.60. The standard InChI is InChI=1S/C14H15ClN2O3/c1-3-4-14-16-13(17-20-14)8-19-12-6-5-10(9(2)18)7-11(12)15/h5-7H,3-4,8H2,1-2H3. The van der Waals surface area contributed by atoms with Crippen LogP contribution >= 0.6 is 11.6 Å². The van der Waals surface area contributed by atoms with E-state index in [1.807, 2.05) is 6.92 Å². The van der Waals surface area contributed by atoms with E-state index >= 15 is 0 Å². The molecule has 0 aliphatic carbocycles. The number of carbonyl (C=O) groups excluding carboxylic acids is 1. The third-order valence-electron chi connectivity index (χ3n) is 2.67. The van der Waals surface area contributed by atoms with Gasteiger partial charge in [0.15, 0.2) is 12.4 Å². The lowest BCUT2D eigenvalue weighted by atomic mass is 10.1. The molecule has 0 saturated heterocycles. The van der Waals surface area contributed by atoms with Crippen LogP contribution in [0.15, 0.2) is 22.7 Å². The van der Waals surface area contributed by atoms with Crippen molar-refractivity contribution >= 4 is 17.4 Å². The van der Waals surface area contributed by atoms with Gasteiger partial charge in [0.2, 0.25) is 11.7 Å². The molecule has 0 unspecified atom stereocenters. The van der Waals surface area contributed by atoms with E-state index in [0.29, 0.717) is 28.1 Å². The SMILES string of the molecule is CCCc1nc(COc2ccc(C(C)=O)cc2Cl)no1. The number of benzene rings is 1. The molecule has 1 aromatic heterocycles. The molecule has 20 heavy (non-hydrogen) atoms. The van der Waals surface area contributed by atoms with Crippen LogP contribution in [0.5, 0.6) is 5.75 Å². The number of ether oxygens (including phenoxy) is 1. The molecule has 0 amide bonds. The average molecular weight is 295 g/mol. The highest BCUT2D eigenvalue weighted by molar-refractivity contribution is 6.32. The van der Waals surface area contributed by atoms with Crippen LogP contribution in [0.1, 0.15) is 42.3 Å². The summed E-state index contributed by atoms with van der Waals surface area (Å²) < 4.78 is 10.6. The van der Waals surface area contributed by atoms with Crippen LogP contribution in [-0.2, 0) is 13.0 Å². The van der Waals surface area contributed by atoms with Crippen molar-refractivity contribution in [2.45, 2.75) is 33.3 Å². The Kier molecular flexibility index (Phi) is 4.74. The van der Waals surface area contributed by atoms with Gasteiger partial charge in [-0.25, -0.2) is 0 Å². The lowest BCUT2D eigenvalue weighted by molar-refractivity contribution is 0.101. The van der Waals surface area contributed by atoms with Crippen molar-refractivity contribution in [1.29, 1.82) is 0 Å². The molecule has 0 saturated carbocycles. The highest BCUT2D eigenvalue weighted by atomic mass is 35.5. The molecular weight excluding hydrogens is 280 g/mol. The Labute approximate surface area is 121 Å². The van der Waals surface area contributed by atoms with Crippen LogP contribution in [0.25, 0.3) is 0 Å². The van der Waals surface area contributed by atoms with Crippen LogP contribution in [0, 0.1) is 0 Å². The number of aryl methyl sites for hydroxylation is 1. The first kappa shape index (κ1) is 14.5. The van der Waals surface area contributed by atoms with E-state index in [1.165, 1.54) is 6.92 Å². The normalized spacial score (nSPS) is 10.6. The van der Waals surface area contributed by atoms with Gasteiger partial charge in [-0.15, -0.1) is 0 Å². The summed E-state index contributed by atoms with van der Waals surface area (Å²) in [5, 5.41) is 4.20. The van der Waals surface area contributed by atoms with Crippen molar-refractivity contribution in [1.82, 2.24) is 10.1 Å². The van der Waals surface area contributed by atoms with E-state index in [1.54, 1.807) is 18.2 Å². The van der Waals surface area contributed by atoms with Gasteiger partial charge < -0.3 is 9.26 Å². The summed E-state index contributed by atoms with van der Waals surface area (Å²) in [6, 6.07) is 4.91. The molecule has 0 radical (unpaired) electrons. The Morgan fingerprint density at radius 2 is 2.25 bits per heavy atom. The van der Waals surface area contributed by atoms with Crippen LogP contribution < -0.4 is 4.74 Å². The second-order valence-electron chi connectivity index (χ2n) is 4.34. The number of rotatable bonds is 6. The molecule has 106 valence electrons. The number of ketones is 1. The summed E-state index contributed by atoms with van der Waals surface area (Å²) in [4.78, 5) is 15.4. The number of hydrogen-bond acceptors (Lipinski definition) is 5. The maximum Gasteiger partial charge on any atom is 0.226 e. The Morgan fingerprint density at radius 3 is 2.90 bits per heavy atom. The Hall–Kier alpha value is -1.88. The summed E-state index contributed by atoms with van der Waals surface area (Å²) in [7, 11) is 0. The van der Waals surface area contributed by atoms with E-state index in [2.05, 4.69) is 10.1 Å². The minimum absolute atomic E-state index is 0.0409. The number of carbonyl (C=O) groups is 1. The zero-order valence-electron chi connectivity index (χ0n) is 11.4. The molecule has 0 aliphatic heterocycles. The van der Waals surface area contributed by atoms with E-state index in [9.17, 15) is 4.79 Å². The fraction of sp³-hybridized carbons (Fsp3) is 0.357. The largest absolute Gasteiger partial charge is 0.484 e. The predicted molar refractivity (Wildman–Crippen MR) is 74.1 cm³/mol. The topological polar surface area (TPSA) is 65.2 Å². The molecule has 1 heterocycles. The minimum atomic E-state index is -0.0409. The van der Waals surface area contributed by atoms with Crippen LogP contribution in [0.4, 0.5) is 0 Å². The zero-order valence-corrected chi connectivity index (χ0v) is 12.1. The van der Waals surface area contributed by atoms with Crippen LogP contribution in [0.3, 0.4) is 0 Å². The predicted octanol–water partition coefficient (Wildman–Crippen LogP) is 3.46. The first-order valence-corrected chi connectivity index (χ1v) is 6.72. The van der Waals surface area contributed by atoms with Crippen LogP contribution in [-0.4, -0.2) is 15.9 Å². The number of Topliss-reactive ketones (excluding diaryl/α,β-unsaturated/α-hetero) is 1. The molecular formula is C14H15ClN2O3. The van der Waals surface area contributed by atoms with Crippen molar-refractivity contribution in [2.75, 3.05) is 0 Å². The van der Waals surface area contributed by atoms with Gasteiger partial charge in [-0.3, -0.25) is 4.79 Å². The van der Waals surface area contributed by atoms with Gasteiger partial charge in [0.1, 0.15) is 5.75 Å². The highest BCUT2D eigenvalue weighted by Gasteiger charge is 2.09. The summed E-state index contributed by atoms with van der Waals surface area (Å²) in [6.07, 6.45) is 1.70. The first-order valence-electron chi connectivity index (χ1n) is 6.35. The zero-order chi connectivity index (χ0) is 14.5. The molecule has 0 N–H and O–H groups in total. The maximum atomic E-state index is 11.2. The molecule has 1 aromatic carbocycles. The van der Waals surface area contributed by atoms with Crippen molar-refractivity contribution in [2.24, 2.45) is 0 Å². The summed E-state index contributed by atoms with van der Waals surface area (Å²) in [5.41, 5.74) is 0.548. The molecule has 0 bridgehead atoms. The fourth-order valence-electron chi connectivity index (χ4n) is 1.64. The Bertz CT molecular complexity index is 610. The minimum Gasteiger partial charge on any atom is -0.484 e. The van der Waals surface area contributed by atoms with Gasteiger partial charge in [0.05, 0.1) is 5.02 Å². The van der Waals surface area contributed by atoms with E-state index in [4.69, 9.17) is 20.9 Å². The van der Waals surface area contributed by atoms with Crippen molar-refractivity contribution < 1.29 is 14.1 Å². The maximum absolute atomic E-state index is 11.2. The molecule has 0 atom stereocenters. The van der Waals surface area contributed by atoms with E-state index in [-0.39, 0.29) is 12.4 Å². The van der Waals surface area contributed by atoms with Crippen molar-refractivity contribution in [3.05, 3.63) is 40.5 Å². The monoisotopic (exact) mass is 294 g/mol. The smallest absolute Gasteiger partial charge is 0.226 e. The summed E-state index contributed by atoms with van der Waals surface area (Å²) in [6.45, 7) is 3.70. The number of aromatic nitrogens is 2. The van der Waals surface area contributed by atoms with Crippen LogP contribution in [0.2, 0.25) is 5.02 Å². The van der Waals surface area contributed by atoms with Crippen molar-refractivity contribution in [3.8, 4) is 5.75 Å². The van der Waals surface area contributed by atoms with Gasteiger partial charge in [0, 0.05) is 12.0 Å². The van der Waals surface area contributed by atoms with E-state index < -0.39 is 0 Å². The molecule has 0 fully saturated rings. The van der Waals surface area contributed by atoms with Gasteiger partial charge in [-0.2, -0.15) is 4.98 Å². The van der Waals surface area contributed by atoms with Gasteiger partial charge in [0.25, 0.3) is 0 Å². The second-order valence-corrected chi connectivity index (χ2v) is 4.75. The molecule has 2 rings (SSSR count). The third-order valence-corrected chi connectivity index (χ3v) is 2.96.